The van der Waals surface area contributed by atoms with E-state index in [1.165, 1.54) is 6.07 Å². The second-order valence-electron chi connectivity index (χ2n) is 7.17. The molecule has 1 saturated heterocycles. The van der Waals surface area contributed by atoms with Crippen LogP contribution in [0.5, 0.6) is 0 Å². The number of aromatic nitrogens is 3. The van der Waals surface area contributed by atoms with Crippen LogP contribution in [0.4, 0.5) is 17.6 Å². The van der Waals surface area contributed by atoms with Crippen molar-refractivity contribution in [3.05, 3.63) is 46.8 Å². The summed E-state index contributed by atoms with van der Waals surface area (Å²) in [6.07, 6.45) is -2.90. The molecule has 3 heterocycles. The molecule has 0 amide bonds. The largest absolute Gasteiger partial charge is 0.419 e. The Morgan fingerprint density at radius 2 is 1.89 bits per heavy atom. The number of benzene rings is 1. The van der Waals surface area contributed by atoms with Crippen LogP contribution in [0.3, 0.4) is 0 Å². The van der Waals surface area contributed by atoms with Crippen molar-refractivity contribution < 1.29 is 17.6 Å². The van der Waals surface area contributed by atoms with Gasteiger partial charge in [-0.05, 0) is 43.6 Å². The van der Waals surface area contributed by atoms with E-state index in [4.69, 9.17) is 0 Å². The molecule has 0 spiro atoms. The Morgan fingerprint density at radius 3 is 2.63 bits per heavy atom. The van der Waals surface area contributed by atoms with Gasteiger partial charge in [0.15, 0.2) is 0 Å². The van der Waals surface area contributed by atoms with Gasteiger partial charge in [0.05, 0.1) is 12.1 Å². The van der Waals surface area contributed by atoms with Crippen molar-refractivity contribution >= 4 is 0 Å². The second kappa shape index (κ2) is 7.20. The van der Waals surface area contributed by atoms with E-state index in [0.29, 0.717) is 18.0 Å². The number of rotatable bonds is 3. The molecule has 146 valence electrons. The van der Waals surface area contributed by atoms with Gasteiger partial charge in [0.25, 0.3) is 0 Å². The first-order valence-electron chi connectivity index (χ1n) is 9.12. The molecule has 0 saturated carbocycles. The second-order valence-corrected chi connectivity index (χ2v) is 7.17. The van der Waals surface area contributed by atoms with Crippen molar-refractivity contribution in [1.82, 2.24) is 25.0 Å². The van der Waals surface area contributed by atoms with Crippen molar-refractivity contribution in [3.8, 4) is 0 Å². The van der Waals surface area contributed by atoms with Gasteiger partial charge in [-0.3, -0.25) is 4.90 Å². The highest BCUT2D eigenvalue weighted by Crippen LogP contribution is 2.33. The molecular formula is C18H21F4N5. The third-order valence-corrected chi connectivity index (χ3v) is 5.35. The predicted octanol–water partition coefficient (Wildman–Crippen LogP) is 2.92. The molecule has 1 fully saturated rings. The third-order valence-electron chi connectivity index (χ3n) is 5.35. The van der Waals surface area contributed by atoms with E-state index in [1.807, 2.05) is 0 Å². The third kappa shape index (κ3) is 3.84. The highest BCUT2D eigenvalue weighted by Gasteiger charge is 2.34. The number of hydrogen-bond acceptors (Lipinski definition) is 4. The van der Waals surface area contributed by atoms with Crippen LogP contribution < -0.4 is 5.32 Å². The van der Waals surface area contributed by atoms with Crippen LogP contribution in [-0.4, -0.2) is 39.3 Å². The van der Waals surface area contributed by atoms with Crippen LogP contribution >= 0.6 is 0 Å². The Hall–Kier alpha value is -2.00. The minimum absolute atomic E-state index is 0.319. The van der Waals surface area contributed by atoms with Crippen LogP contribution in [-0.2, 0) is 25.8 Å². The van der Waals surface area contributed by atoms with Crippen molar-refractivity contribution in [2.75, 3.05) is 19.6 Å². The molecule has 5 nitrogen and oxygen atoms in total. The predicted molar refractivity (Wildman–Crippen MR) is 90.4 cm³/mol. The average Bonchev–Trinajstić information content (AvgIpc) is 3.07. The molecule has 0 bridgehead atoms. The lowest BCUT2D eigenvalue weighted by Gasteiger charge is -2.32. The van der Waals surface area contributed by atoms with E-state index in [9.17, 15) is 17.6 Å². The highest BCUT2D eigenvalue weighted by atomic mass is 19.4. The van der Waals surface area contributed by atoms with Gasteiger partial charge in [0.1, 0.15) is 17.5 Å². The van der Waals surface area contributed by atoms with Crippen LogP contribution in [0.25, 0.3) is 0 Å². The van der Waals surface area contributed by atoms with E-state index in [2.05, 4.69) is 25.0 Å². The maximum Gasteiger partial charge on any atom is 0.419 e. The standard InChI is InChI=1S/C18H21F4N5/c19-15-2-1-12(9-14(15)18(20,21)22)11-26-6-3-13(4-7-26)17-25-24-16-10-23-5-8-27(16)17/h1-2,9,13,23H,3-8,10-11H2. The molecule has 1 N–H and O–H groups in total. The van der Waals surface area contributed by atoms with Crippen LogP contribution in [0.1, 0.15) is 41.5 Å². The minimum atomic E-state index is -4.67. The van der Waals surface area contributed by atoms with Crippen molar-refractivity contribution in [1.29, 1.82) is 0 Å². The van der Waals surface area contributed by atoms with E-state index in [-0.39, 0.29) is 0 Å². The summed E-state index contributed by atoms with van der Waals surface area (Å²) in [5, 5.41) is 11.9. The number of fused-ring (bicyclic) bond motifs is 1. The van der Waals surface area contributed by atoms with Crippen molar-refractivity contribution in [2.24, 2.45) is 0 Å². The van der Waals surface area contributed by atoms with Gasteiger partial charge in [-0.15, -0.1) is 10.2 Å². The molecule has 1 aromatic carbocycles. The number of piperidine rings is 1. The normalized spacial score (nSPS) is 19.3. The fraction of sp³-hybridized carbons (Fsp3) is 0.556. The number of likely N-dealkylation sites (tertiary alicyclic amines) is 1. The quantitative estimate of drug-likeness (QED) is 0.828. The molecule has 0 radical (unpaired) electrons. The van der Waals surface area contributed by atoms with Gasteiger partial charge in [-0.25, -0.2) is 4.39 Å². The van der Waals surface area contributed by atoms with E-state index in [1.54, 1.807) is 0 Å². The lowest BCUT2D eigenvalue weighted by molar-refractivity contribution is -0.140. The molecular weight excluding hydrogens is 362 g/mol. The monoisotopic (exact) mass is 383 g/mol. The van der Waals surface area contributed by atoms with Gasteiger partial charge in [-0.2, -0.15) is 13.2 Å². The molecule has 4 rings (SSSR count). The Bertz CT molecular complexity index is 809. The summed E-state index contributed by atoms with van der Waals surface area (Å²) in [6, 6.07) is 3.25. The van der Waals surface area contributed by atoms with Crippen LogP contribution in [0.15, 0.2) is 18.2 Å². The molecule has 27 heavy (non-hydrogen) atoms. The maximum atomic E-state index is 13.4. The molecule has 1 aromatic heterocycles. The number of nitrogens with one attached hydrogen (secondary N) is 1. The Kier molecular flexibility index (Phi) is 4.90. The number of alkyl halides is 3. The summed E-state index contributed by atoms with van der Waals surface area (Å²) in [6.45, 7) is 4.43. The van der Waals surface area contributed by atoms with Gasteiger partial charge in [0.2, 0.25) is 0 Å². The van der Waals surface area contributed by atoms with E-state index < -0.39 is 17.6 Å². The Balaban J connectivity index is 1.40. The Labute approximate surface area is 154 Å². The molecule has 0 unspecified atom stereocenters. The summed E-state index contributed by atoms with van der Waals surface area (Å²) in [5.41, 5.74) is -0.716. The zero-order valence-electron chi connectivity index (χ0n) is 14.8. The van der Waals surface area contributed by atoms with E-state index in [0.717, 1.165) is 69.3 Å². The highest BCUT2D eigenvalue weighted by molar-refractivity contribution is 5.27. The van der Waals surface area contributed by atoms with Crippen molar-refractivity contribution in [2.45, 2.75) is 44.6 Å². The molecule has 0 aliphatic carbocycles. The fourth-order valence-electron chi connectivity index (χ4n) is 3.91. The molecule has 9 heteroatoms. The number of halogens is 4. The Morgan fingerprint density at radius 1 is 1.11 bits per heavy atom. The zero-order chi connectivity index (χ0) is 19.0. The minimum Gasteiger partial charge on any atom is -0.312 e. The number of hydrogen-bond donors (Lipinski definition) is 1. The van der Waals surface area contributed by atoms with Gasteiger partial charge < -0.3 is 9.88 Å². The van der Waals surface area contributed by atoms with Crippen LogP contribution in [0.2, 0.25) is 0 Å². The first-order valence-corrected chi connectivity index (χ1v) is 9.12. The SMILES string of the molecule is Fc1ccc(CN2CCC(c3nnc4n3CCNC4)CC2)cc1C(F)(F)F. The zero-order valence-corrected chi connectivity index (χ0v) is 14.8. The molecule has 2 aliphatic rings. The maximum absolute atomic E-state index is 13.4. The lowest BCUT2D eigenvalue weighted by atomic mass is 9.95. The lowest BCUT2D eigenvalue weighted by Crippen LogP contribution is -2.34. The average molecular weight is 383 g/mol. The van der Waals surface area contributed by atoms with Gasteiger partial charge >= 0.3 is 6.18 Å². The van der Waals surface area contributed by atoms with Crippen LogP contribution in [0, 0.1) is 5.82 Å². The summed E-state index contributed by atoms with van der Waals surface area (Å²) in [5.74, 6) is 1.08. The van der Waals surface area contributed by atoms with Gasteiger partial charge in [-0.1, -0.05) is 6.07 Å². The molecule has 2 aliphatic heterocycles. The fourth-order valence-corrected chi connectivity index (χ4v) is 3.91. The summed E-state index contributed by atoms with van der Waals surface area (Å²) >= 11 is 0. The molecule has 0 atom stereocenters. The first-order chi connectivity index (χ1) is 12.9. The summed E-state index contributed by atoms with van der Waals surface area (Å²) in [4.78, 5) is 2.11. The van der Waals surface area contributed by atoms with Gasteiger partial charge in [0, 0.05) is 25.6 Å². The number of nitrogens with zero attached hydrogens (tertiary/aromatic N) is 4. The van der Waals surface area contributed by atoms with Crippen molar-refractivity contribution in [3.63, 3.8) is 0 Å². The smallest absolute Gasteiger partial charge is 0.312 e. The van der Waals surface area contributed by atoms with E-state index >= 15 is 0 Å². The first kappa shape index (κ1) is 18.4. The topological polar surface area (TPSA) is 46.0 Å². The molecule has 2 aromatic rings. The summed E-state index contributed by atoms with van der Waals surface area (Å²) < 4.78 is 54.3. The summed E-state index contributed by atoms with van der Waals surface area (Å²) in [7, 11) is 0.